The van der Waals surface area contributed by atoms with Gasteiger partial charge in [0.25, 0.3) is 0 Å². The molecule has 0 saturated heterocycles. The molecule has 0 fully saturated rings. The minimum Gasteiger partial charge on any atom is -0.322 e. The summed E-state index contributed by atoms with van der Waals surface area (Å²) < 4.78 is 37.1. The van der Waals surface area contributed by atoms with Crippen molar-refractivity contribution in [1.82, 2.24) is 0 Å². The quantitative estimate of drug-likeness (QED) is 0.625. The predicted molar refractivity (Wildman–Crippen MR) is 45.0 cm³/mol. The van der Waals surface area contributed by atoms with Gasteiger partial charge >= 0.3 is 6.18 Å². The van der Waals surface area contributed by atoms with E-state index < -0.39 is 23.2 Å². The highest BCUT2D eigenvalue weighted by atomic mass is 19.4. The van der Waals surface area contributed by atoms with Gasteiger partial charge in [0.05, 0.1) is 0 Å². The number of hydrogen-bond donors (Lipinski definition) is 1. The van der Waals surface area contributed by atoms with Crippen LogP contribution in [0.15, 0.2) is 23.8 Å². The fraction of sp³-hybridized carbons (Fsp3) is 0.556. The summed E-state index contributed by atoms with van der Waals surface area (Å²) in [5, 5.41) is 0. The Morgan fingerprint density at radius 2 is 2.00 bits per heavy atom. The normalized spacial score (nSPS) is 34.6. The fourth-order valence-corrected chi connectivity index (χ4v) is 1.32. The maximum Gasteiger partial charge on any atom is 0.413 e. The van der Waals surface area contributed by atoms with Crippen molar-refractivity contribution in [3.8, 4) is 0 Å². The van der Waals surface area contributed by atoms with Crippen molar-refractivity contribution < 1.29 is 13.2 Å². The SMILES string of the molecule is CC1C(C(F)(F)F)=CC=CC1(C)N. The third-order valence-corrected chi connectivity index (χ3v) is 2.46. The molecule has 0 aliphatic heterocycles. The van der Waals surface area contributed by atoms with Crippen LogP contribution in [0.4, 0.5) is 13.2 Å². The summed E-state index contributed by atoms with van der Waals surface area (Å²) in [5.74, 6) is -0.697. The van der Waals surface area contributed by atoms with Crippen LogP contribution in [0, 0.1) is 5.92 Å². The molecule has 0 aromatic carbocycles. The summed E-state index contributed by atoms with van der Waals surface area (Å²) in [4.78, 5) is 0. The molecule has 4 heteroatoms. The molecule has 1 nitrogen and oxygen atoms in total. The van der Waals surface area contributed by atoms with Crippen LogP contribution in [0.25, 0.3) is 0 Å². The Labute approximate surface area is 75.1 Å². The lowest BCUT2D eigenvalue weighted by Crippen LogP contribution is -2.45. The van der Waals surface area contributed by atoms with Crippen molar-refractivity contribution in [3.63, 3.8) is 0 Å². The smallest absolute Gasteiger partial charge is 0.322 e. The van der Waals surface area contributed by atoms with Crippen LogP contribution in [0.5, 0.6) is 0 Å². The number of alkyl halides is 3. The second-order valence-electron chi connectivity index (χ2n) is 3.57. The monoisotopic (exact) mass is 191 g/mol. The predicted octanol–water partition coefficient (Wildman–Crippen LogP) is 2.40. The van der Waals surface area contributed by atoms with E-state index in [1.165, 1.54) is 13.0 Å². The average Bonchev–Trinajstić information content (AvgIpc) is 1.92. The molecule has 1 aliphatic rings. The lowest BCUT2D eigenvalue weighted by atomic mass is 9.79. The van der Waals surface area contributed by atoms with Crippen molar-refractivity contribution in [3.05, 3.63) is 23.8 Å². The standard InChI is InChI=1S/C9H12F3N/c1-6-7(9(10,11)12)4-3-5-8(6,2)13/h3-6H,13H2,1-2H3. The second kappa shape index (κ2) is 2.87. The van der Waals surface area contributed by atoms with Crippen molar-refractivity contribution in [2.45, 2.75) is 25.6 Å². The Bertz CT molecular complexity index is 261. The Balaban J connectivity index is 3.02. The molecular weight excluding hydrogens is 179 g/mol. The fourth-order valence-electron chi connectivity index (χ4n) is 1.32. The summed E-state index contributed by atoms with van der Waals surface area (Å²) >= 11 is 0. The highest BCUT2D eigenvalue weighted by Gasteiger charge is 2.42. The first-order valence-corrected chi connectivity index (χ1v) is 4.00. The average molecular weight is 191 g/mol. The van der Waals surface area contributed by atoms with Gasteiger partial charge in [-0.2, -0.15) is 13.2 Å². The summed E-state index contributed by atoms with van der Waals surface area (Å²) in [5.41, 5.74) is 4.22. The van der Waals surface area contributed by atoms with E-state index in [2.05, 4.69) is 0 Å². The molecule has 0 radical (unpaired) electrons. The zero-order valence-corrected chi connectivity index (χ0v) is 7.52. The van der Waals surface area contributed by atoms with Gasteiger partial charge in [-0.3, -0.25) is 0 Å². The molecule has 0 bridgehead atoms. The Hall–Kier alpha value is -0.770. The lowest BCUT2D eigenvalue weighted by Gasteiger charge is -2.33. The van der Waals surface area contributed by atoms with Gasteiger partial charge in [-0.15, -0.1) is 0 Å². The van der Waals surface area contributed by atoms with Crippen molar-refractivity contribution in [2.24, 2.45) is 11.7 Å². The maximum atomic E-state index is 12.4. The van der Waals surface area contributed by atoms with Gasteiger partial charge in [-0.1, -0.05) is 25.2 Å². The first-order chi connectivity index (χ1) is 5.75. The number of hydrogen-bond acceptors (Lipinski definition) is 1. The van der Waals surface area contributed by atoms with E-state index in [1.807, 2.05) is 0 Å². The molecule has 0 saturated carbocycles. The summed E-state index contributed by atoms with van der Waals surface area (Å²) in [6, 6.07) is 0. The third-order valence-electron chi connectivity index (χ3n) is 2.46. The summed E-state index contributed by atoms with van der Waals surface area (Å²) in [6.45, 7) is 3.08. The largest absolute Gasteiger partial charge is 0.413 e. The van der Waals surface area contributed by atoms with Gasteiger partial charge in [-0.25, -0.2) is 0 Å². The number of halogens is 3. The van der Waals surface area contributed by atoms with E-state index in [1.54, 1.807) is 13.0 Å². The first kappa shape index (κ1) is 10.3. The molecule has 0 aromatic heterocycles. The van der Waals surface area contributed by atoms with Crippen LogP contribution >= 0.6 is 0 Å². The minimum atomic E-state index is -4.27. The van der Waals surface area contributed by atoms with E-state index in [4.69, 9.17) is 5.73 Å². The van der Waals surface area contributed by atoms with Gasteiger partial charge < -0.3 is 5.73 Å². The molecule has 0 heterocycles. The van der Waals surface area contributed by atoms with E-state index in [9.17, 15) is 13.2 Å². The van der Waals surface area contributed by atoms with Gasteiger partial charge in [0.15, 0.2) is 0 Å². The Morgan fingerprint density at radius 3 is 2.38 bits per heavy atom. The van der Waals surface area contributed by atoms with Crippen molar-refractivity contribution in [2.75, 3.05) is 0 Å². The van der Waals surface area contributed by atoms with Crippen molar-refractivity contribution in [1.29, 1.82) is 0 Å². The first-order valence-electron chi connectivity index (χ1n) is 4.00. The van der Waals surface area contributed by atoms with Gasteiger partial charge in [0.2, 0.25) is 0 Å². The minimum absolute atomic E-state index is 0.556. The zero-order chi connectivity index (χ0) is 10.3. The highest BCUT2D eigenvalue weighted by Crippen LogP contribution is 2.38. The number of nitrogens with two attached hydrogens (primary N) is 1. The van der Waals surface area contributed by atoms with E-state index in [0.29, 0.717) is 0 Å². The molecule has 13 heavy (non-hydrogen) atoms. The topological polar surface area (TPSA) is 26.0 Å². The van der Waals surface area contributed by atoms with Crippen LogP contribution < -0.4 is 5.73 Å². The van der Waals surface area contributed by atoms with Gasteiger partial charge in [0.1, 0.15) is 0 Å². The lowest BCUT2D eigenvalue weighted by molar-refractivity contribution is -0.101. The summed E-state index contributed by atoms with van der Waals surface area (Å²) in [7, 11) is 0. The third kappa shape index (κ3) is 1.94. The van der Waals surface area contributed by atoms with Crippen LogP contribution in [-0.2, 0) is 0 Å². The molecule has 1 rings (SSSR count). The molecule has 0 amide bonds. The molecule has 2 N–H and O–H groups in total. The van der Waals surface area contributed by atoms with Crippen LogP contribution in [0.3, 0.4) is 0 Å². The van der Waals surface area contributed by atoms with Crippen LogP contribution in [-0.4, -0.2) is 11.7 Å². The van der Waals surface area contributed by atoms with E-state index in [0.717, 1.165) is 6.08 Å². The van der Waals surface area contributed by atoms with Crippen LogP contribution in [0.1, 0.15) is 13.8 Å². The molecule has 2 atom stereocenters. The van der Waals surface area contributed by atoms with Gasteiger partial charge in [-0.05, 0) is 6.92 Å². The highest BCUT2D eigenvalue weighted by molar-refractivity contribution is 5.31. The summed E-state index contributed by atoms with van der Waals surface area (Å²) in [6.07, 6.45) is -0.236. The zero-order valence-electron chi connectivity index (χ0n) is 7.52. The molecule has 74 valence electrons. The molecule has 2 unspecified atom stereocenters. The Morgan fingerprint density at radius 1 is 1.46 bits per heavy atom. The molecular formula is C9H12F3N. The molecule has 0 aromatic rings. The van der Waals surface area contributed by atoms with Gasteiger partial charge in [0, 0.05) is 17.0 Å². The maximum absolute atomic E-state index is 12.4. The van der Waals surface area contributed by atoms with Crippen molar-refractivity contribution >= 4 is 0 Å². The second-order valence-corrected chi connectivity index (χ2v) is 3.57. The van der Waals surface area contributed by atoms with Crippen LogP contribution in [0.2, 0.25) is 0 Å². The number of rotatable bonds is 0. The van der Waals surface area contributed by atoms with E-state index in [-0.39, 0.29) is 0 Å². The van der Waals surface area contributed by atoms with E-state index >= 15 is 0 Å². The number of allylic oxidation sites excluding steroid dienone is 2. The molecule has 0 spiro atoms. The molecule has 1 aliphatic carbocycles. The Kier molecular flexibility index (Phi) is 2.28.